The van der Waals surface area contributed by atoms with Crippen LogP contribution in [0.5, 0.6) is 0 Å². The lowest BCUT2D eigenvalue weighted by atomic mass is 10.1. The highest BCUT2D eigenvalue weighted by Crippen LogP contribution is 2.16. The Bertz CT molecular complexity index is 861. The summed E-state index contributed by atoms with van der Waals surface area (Å²) in [6, 6.07) is 13.1. The highest BCUT2D eigenvalue weighted by molar-refractivity contribution is 5.94. The second kappa shape index (κ2) is 10.3. The van der Waals surface area contributed by atoms with E-state index >= 15 is 0 Å². The van der Waals surface area contributed by atoms with Gasteiger partial charge in [0, 0.05) is 17.8 Å². The fourth-order valence-electron chi connectivity index (χ4n) is 2.61. The summed E-state index contributed by atoms with van der Waals surface area (Å²) in [6.45, 7) is 5.57. The number of ether oxygens (including phenoxy) is 1. The van der Waals surface area contributed by atoms with Crippen LogP contribution in [-0.2, 0) is 25.5 Å². The van der Waals surface area contributed by atoms with Gasteiger partial charge < -0.3 is 15.4 Å². The van der Waals surface area contributed by atoms with Crippen LogP contribution in [0.4, 0.5) is 11.4 Å². The van der Waals surface area contributed by atoms with Crippen molar-refractivity contribution in [2.45, 2.75) is 40.0 Å². The molecule has 0 aliphatic carbocycles. The van der Waals surface area contributed by atoms with Gasteiger partial charge in [0.25, 0.3) is 5.91 Å². The molecular weight excluding hydrogens is 356 g/mol. The Hall–Kier alpha value is -3.15. The van der Waals surface area contributed by atoms with Crippen molar-refractivity contribution < 1.29 is 19.1 Å². The number of anilines is 2. The van der Waals surface area contributed by atoms with Crippen LogP contribution in [0.15, 0.2) is 42.5 Å². The number of carbonyl (C=O) groups is 3. The van der Waals surface area contributed by atoms with E-state index in [4.69, 9.17) is 4.74 Å². The van der Waals surface area contributed by atoms with Crippen molar-refractivity contribution in [2.75, 3.05) is 17.2 Å². The molecule has 0 heterocycles. The largest absolute Gasteiger partial charge is 0.456 e. The zero-order valence-electron chi connectivity index (χ0n) is 16.5. The Kier molecular flexibility index (Phi) is 7.75. The van der Waals surface area contributed by atoms with Crippen molar-refractivity contribution in [3.05, 3.63) is 59.2 Å². The number of para-hydroxylation sites is 1. The minimum atomic E-state index is -0.589. The van der Waals surface area contributed by atoms with Gasteiger partial charge in [-0.1, -0.05) is 31.2 Å². The molecule has 148 valence electrons. The van der Waals surface area contributed by atoms with Crippen molar-refractivity contribution in [2.24, 2.45) is 0 Å². The molecule has 6 heteroatoms. The van der Waals surface area contributed by atoms with Gasteiger partial charge in [-0.05, 0) is 55.2 Å². The van der Waals surface area contributed by atoms with E-state index in [0.717, 1.165) is 23.1 Å². The Labute approximate surface area is 165 Å². The average Bonchev–Trinajstić information content (AvgIpc) is 2.68. The van der Waals surface area contributed by atoms with Crippen molar-refractivity contribution in [1.82, 2.24) is 0 Å². The van der Waals surface area contributed by atoms with E-state index in [-0.39, 0.29) is 25.4 Å². The molecule has 0 unspecified atom stereocenters. The number of aryl methyl sites for hydroxylation is 3. The molecule has 2 amide bonds. The molecule has 0 saturated heterocycles. The molecule has 0 radical (unpaired) electrons. The molecule has 0 fully saturated rings. The quantitative estimate of drug-likeness (QED) is 0.681. The number of rotatable bonds is 8. The summed E-state index contributed by atoms with van der Waals surface area (Å²) in [5.41, 5.74) is 4.62. The molecule has 28 heavy (non-hydrogen) atoms. The first-order chi connectivity index (χ1) is 13.4. The molecule has 0 aliphatic heterocycles. The Morgan fingerprint density at radius 3 is 2.36 bits per heavy atom. The van der Waals surface area contributed by atoms with Gasteiger partial charge in [0.05, 0.1) is 6.42 Å². The van der Waals surface area contributed by atoms with Crippen LogP contribution in [0, 0.1) is 13.8 Å². The van der Waals surface area contributed by atoms with E-state index in [1.54, 1.807) is 6.07 Å². The van der Waals surface area contributed by atoms with Crippen LogP contribution in [0.1, 0.15) is 36.5 Å². The number of amides is 2. The first-order valence-corrected chi connectivity index (χ1v) is 9.29. The van der Waals surface area contributed by atoms with Crippen molar-refractivity contribution >= 4 is 29.2 Å². The topological polar surface area (TPSA) is 84.5 Å². The number of esters is 1. The first-order valence-electron chi connectivity index (χ1n) is 9.29. The van der Waals surface area contributed by atoms with Crippen LogP contribution in [0.2, 0.25) is 0 Å². The van der Waals surface area contributed by atoms with Crippen LogP contribution in [0.3, 0.4) is 0 Å². The minimum absolute atomic E-state index is 0.00789. The summed E-state index contributed by atoms with van der Waals surface area (Å²) < 4.78 is 4.95. The maximum absolute atomic E-state index is 12.0. The molecule has 2 rings (SSSR count). The van der Waals surface area contributed by atoms with Crippen molar-refractivity contribution in [1.29, 1.82) is 0 Å². The number of hydrogen-bond acceptors (Lipinski definition) is 4. The Morgan fingerprint density at radius 2 is 1.64 bits per heavy atom. The van der Waals surface area contributed by atoms with E-state index in [0.29, 0.717) is 11.4 Å². The van der Waals surface area contributed by atoms with Gasteiger partial charge in [-0.25, -0.2) is 0 Å². The summed E-state index contributed by atoms with van der Waals surface area (Å²) in [5, 5.41) is 5.48. The smallest absolute Gasteiger partial charge is 0.306 e. The lowest BCUT2D eigenvalue weighted by Gasteiger charge is -2.10. The molecule has 2 aromatic rings. The zero-order valence-corrected chi connectivity index (χ0v) is 16.5. The predicted octanol–water partition coefficient (Wildman–Crippen LogP) is 3.77. The summed E-state index contributed by atoms with van der Waals surface area (Å²) >= 11 is 0. The first kappa shape index (κ1) is 21.2. The molecule has 6 nitrogen and oxygen atoms in total. The van der Waals surface area contributed by atoms with Gasteiger partial charge in [-0.15, -0.1) is 0 Å². The Morgan fingerprint density at radius 1 is 0.893 bits per heavy atom. The second-order valence-electron chi connectivity index (χ2n) is 6.57. The summed E-state index contributed by atoms with van der Waals surface area (Å²) in [7, 11) is 0. The van der Waals surface area contributed by atoms with Crippen molar-refractivity contribution in [3.63, 3.8) is 0 Å². The number of nitrogens with one attached hydrogen (secondary N) is 2. The molecule has 0 aromatic heterocycles. The van der Waals surface area contributed by atoms with Crippen molar-refractivity contribution in [3.8, 4) is 0 Å². The Balaban J connectivity index is 1.72. The standard InChI is InChI=1S/C22H26N2O4/c1-4-17-7-5-6-8-19(17)24-21(26)14-28-22(27)12-11-20(25)23-18-10-9-15(2)16(3)13-18/h5-10,13H,4,11-12,14H2,1-3H3,(H,23,25)(H,24,26). The molecule has 2 N–H and O–H groups in total. The lowest BCUT2D eigenvalue weighted by Crippen LogP contribution is -2.22. The SMILES string of the molecule is CCc1ccccc1NC(=O)COC(=O)CCC(=O)Nc1ccc(C)c(C)c1. The third-order valence-electron chi connectivity index (χ3n) is 4.38. The zero-order chi connectivity index (χ0) is 20.5. The molecule has 0 bridgehead atoms. The highest BCUT2D eigenvalue weighted by Gasteiger charge is 2.12. The molecule has 0 aliphatic rings. The third-order valence-corrected chi connectivity index (χ3v) is 4.38. The number of carbonyl (C=O) groups excluding carboxylic acids is 3. The van der Waals surface area contributed by atoms with E-state index in [1.807, 2.05) is 57.2 Å². The van der Waals surface area contributed by atoms with Crippen LogP contribution in [-0.4, -0.2) is 24.4 Å². The van der Waals surface area contributed by atoms with Crippen LogP contribution in [0.25, 0.3) is 0 Å². The van der Waals surface area contributed by atoms with Gasteiger partial charge in [0.1, 0.15) is 0 Å². The average molecular weight is 382 g/mol. The van der Waals surface area contributed by atoms with E-state index < -0.39 is 11.9 Å². The fraction of sp³-hybridized carbons (Fsp3) is 0.318. The highest BCUT2D eigenvalue weighted by atomic mass is 16.5. The van der Waals surface area contributed by atoms with E-state index in [9.17, 15) is 14.4 Å². The normalized spacial score (nSPS) is 10.2. The predicted molar refractivity (Wildman–Crippen MR) is 109 cm³/mol. The van der Waals surface area contributed by atoms with Gasteiger partial charge in [0.15, 0.2) is 6.61 Å². The van der Waals surface area contributed by atoms with Crippen LogP contribution < -0.4 is 10.6 Å². The molecule has 0 saturated carbocycles. The maximum atomic E-state index is 12.0. The van der Waals surface area contributed by atoms with Gasteiger partial charge in [0.2, 0.25) is 5.91 Å². The van der Waals surface area contributed by atoms with E-state index in [2.05, 4.69) is 10.6 Å². The molecule has 2 aromatic carbocycles. The summed E-state index contributed by atoms with van der Waals surface area (Å²) in [6.07, 6.45) is 0.688. The van der Waals surface area contributed by atoms with Crippen LogP contribution >= 0.6 is 0 Å². The van der Waals surface area contributed by atoms with Gasteiger partial charge in [-0.2, -0.15) is 0 Å². The molecule has 0 atom stereocenters. The van der Waals surface area contributed by atoms with Gasteiger partial charge in [-0.3, -0.25) is 14.4 Å². The summed E-state index contributed by atoms with van der Waals surface area (Å²) in [4.78, 5) is 35.7. The third kappa shape index (κ3) is 6.54. The van der Waals surface area contributed by atoms with E-state index in [1.165, 1.54) is 0 Å². The minimum Gasteiger partial charge on any atom is -0.456 e. The summed E-state index contributed by atoms with van der Waals surface area (Å²) in [5.74, 6) is -1.27. The lowest BCUT2D eigenvalue weighted by molar-refractivity contribution is -0.147. The fourth-order valence-corrected chi connectivity index (χ4v) is 2.61. The maximum Gasteiger partial charge on any atom is 0.306 e. The number of benzene rings is 2. The second-order valence-corrected chi connectivity index (χ2v) is 6.57. The monoisotopic (exact) mass is 382 g/mol. The molecule has 0 spiro atoms. The number of hydrogen-bond donors (Lipinski definition) is 2. The van der Waals surface area contributed by atoms with Gasteiger partial charge >= 0.3 is 5.97 Å². The molecular formula is C22H26N2O4.